The van der Waals surface area contributed by atoms with Crippen molar-refractivity contribution in [2.24, 2.45) is 16.9 Å². The molecule has 132 valence electrons. The molecule has 0 aromatic carbocycles. The standard InChI is InChI=1S/C18H27N3O3/c1-12-8-18(21(19-12)13(2)22)7-4-14-10-20(11-15(14)18)16(23)9-17(24)5-3-6-17/h14-15,24H,3-11H2,1-2H3. The van der Waals surface area contributed by atoms with Gasteiger partial charge in [0.1, 0.15) is 0 Å². The van der Waals surface area contributed by atoms with Gasteiger partial charge in [-0.05, 0) is 44.9 Å². The molecular formula is C18H27N3O3. The molecule has 0 aromatic rings. The molecule has 1 saturated heterocycles. The van der Waals surface area contributed by atoms with E-state index in [1.54, 1.807) is 11.9 Å². The van der Waals surface area contributed by atoms with E-state index in [1.165, 1.54) is 0 Å². The smallest absolute Gasteiger partial charge is 0.240 e. The first kappa shape index (κ1) is 16.1. The average molecular weight is 333 g/mol. The van der Waals surface area contributed by atoms with Crippen LogP contribution in [0, 0.1) is 11.8 Å². The lowest BCUT2D eigenvalue weighted by atomic mass is 9.77. The molecule has 4 aliphatic rings. The highest BCUT2D eigenvalue weighted by Crippen LogP contribution is 2.52. The SMILES string of the molecule is CC(=O)N1N=C(C)CC12CCC1CN(C(=O)CC3(O)CCC3)CC12. The van der Waals surface area contributed by atoms with E-state index < -0.39 is 5.60 Å². The summed E-state index contributed by atoms with van der Waals surface area (Å²) < 4.78 is 0. The summed E-state index contributed by atoms with van der Waals surface area (Å²) >= 11 is 0. The Morgan fingerprint density at radius 3 is 2.67 bits per heavy atom. The summed E-state index contributed by atoms with van der Waals surface area (Å²) in [6.07, 6.45) is 5.62. The van der Waals surface area contributed by atoms with Crippen molar-refractivity contribution in [1.29, 1.82) is 0 Å². The Labute approximate surface area is 142 Å². The van der Waals surface area contributed by atoms with Crippen LogP contribution in [0.2, 0.25) is 0 Å². The van der Waals surface area contributed by atoms with Gasteiger partial charge in [-0.3, -0.25) is 9.59 Å². The van der Waals surface area contributed by atoms with Gasteiger partial charge in [0.05, 0.1) is 17.6 Å². The molecule has 0 radical (unpaired) electrons. The highest BCUT2D eigenvalue weighted by Gasteiger charge is 2.59. The molecule has 1 spiro atoms. The number of hydrogen-bond acceptors (Lipinski definition) is 4. The van der Waals surface area contributed by atoms with Crippen LogP contribution in [0.3, 0.4) is 0 Å². The molecule has 24 heavy (non-hydrogen) atoms. The first-order chi connectivity index (χ1) is 11.3. The maximum atomic E-state index is 12.6. The monoisotopic (exact) mass is 333 g/mol. The maximum absolute atomic E-state index is 12.6. The fourth-order valence-electron chi connectivity index (χ4n) is 5.44. The maximum Gasteiger partial charge on any atom is 0.240 e. The third-order valence-corrected chi connectivity index (χ3v) is 6.75. The van der Waals surface area contributed by atoms with E-state index in [9.17, 15) is 14.7 Å². The Morgan fingerprint density at radius 1 is 1.29 bits per heavy atom. The van der Waals surface area contributed by atoms with Crippen molar-refractivity contribution in [2.45, 2.75) is 69.9 Å². The molecule has 2 heterocycles. The minimum atomic E-state index is -0.759. The molecular weight excluding hydrogens is 306 g/mol. The van der Waals surface area contributed by atoms with Crippen molar-refractivity contribution in [2.75, 3.05) is 13.1 Å². The third kappa shape index (κ3) is 2.30. The van der Waals surface area contributed by atoms with Gasteiger partial charge in [0.25, 0.3) is 0 Å². The Balaban J connectivity index is 1.49. The Hall–Kier alpha value is -1.43. The molecule has 0 aromatic heterocycles. The molecule has 2 aliphatic carbocycles. The van der Waals surface area contributed by atoms with E-state index in [2.05, 4.69) is 5.10 Å². The molecule has 6 nitrogen and oxygen atoms in total. The third-order valence-electron chi connectivity index (χ3n) is 6.75. The summed E-state index contributed by atoms with van der Waals surface area (Å²) in [6, 6.07) is 0. The van der Waals surface area contributed by atoms with Crippen molar-refractivity contribution in [3.63, 3.8) is 0 Å². The molecule has 0 bridgehead atoms. The second kappa shape index (κ2) is 5.28. The summed E-state index contributed by atoms with van der Waals surface area (Å²) in [5.74, 6) is 0.836. The number of hydrogen-bond donors (Lipinski definition) is 1. The van der Waals surface area contributed by atoms with Gasteiger partial charge in [-0.2, -0.15) is 5.10 Å². The Morgan fingerprint density at radius 2 is 2.04 bits per heavy atom. The number of hydrazone groups is 1. The fraction of sp³-hybridized carbons (Fsp3) is 0.833. The van der Waals surface area contributed by atoms with Crippen LogP contribution in [-0.4, -0.2) is 56.8 Å². The fourth-order valence-corrected chi connectivity index (χ4v) is 5.44. The van der Waals surface area contributed by atoms with E-state index in [4.69, 9.17) is 0 Å². The van der Waals surface area contributed by atoms with E-state index in [-0.39, 0.29) is 23.8 Å². The lowest BCUT2D eigenvalue weighted by Gasteiger charge is -2.38. The van der Waals surface area contributed by atoms with Crippen molar-refractivity contribution < 1.29 is 14.7 Å². The summed E-state index contributed by atoms with van der Waals surface area (Å²) in [5.41, 5.74) is 0.0351. The Bertz CT molecular complexity index is 613. The minimum Gasteiger partial charge on any atom is -0.389 e. The van der Waals surface area contributed by atoms with Crippen molar-refractivity contribution >= 4 is 17.5 Å². The number of nitrogens with zero attached hydrogens (tertiary/aromatic N) is 3. The molecule has 3 fully saturated rings. The number of amides is 2. The van der Waals surface area contributed by atoms with Crippen LogP contribution in [0.5, 0.6) is 0 Å². The first-order valence-corrected chi connectivity index (χ1v) is 9.18. The highest BCUT2D eigenvalue weighted by atomic mass is 16.3. The molecule has 3 atom stereocenters. The summed E-state index contributed by atoms with van der Waals surface area (Å²) in [7, 11) is 0. The molecule has 2 aliphatic heterocycles. The number of fused-ring (bicyclic) bond motifs is 2. The van der Waals surface area contributed by atoms with Gasteiger partial charge in [0.15, 0.2) is 0 Å². The molecule has 4 rings (SSSR count). The van der Waals surface area contributed by atoms with E-state index >= 15 is 0 Å². The van der Waals surface area contributed by atoms with Gasteiger partial charge >= 0.3 is 0 Å². The Kier molecular flexibility index (Phi) is 3.53. The molecule has 3 unspecified atom stereocenters. The van der Waals surface area contributed by atoms with Crippen molar-refractivity contribution in [3.05, 3.63) is 0 Å². The van der Waals surface area contributed by atoms with Crippen LogP contribution in [0.4, 0.5) is 0 Å². The summed E-state index contributed by atoms with van der Waals surface area (Å²) in [6.45, 7) is 5.04. The van der Waals surface area contributed by atoms with Crippen molar-refractivity contribution in [3.8, 4) is 0 Å². The highest BCUT2D eigenvalue weighted by molar-refractivity contribution is 5.89. The lowest BCUT2D eigenvalue weighted by molar-refractivity contribution is -0.140. The zero-order valence-electron chi connectivity index (χ0n) is 14.6. The van der Waals surface area contributed by atoms with E-state index in [0.717, 1.165) is 50.8 Å². The van der Waals surface area contributed by atoms with Gasteiger partial charge in [-0.1, -0.05) is 0 Å². The normalized spacial score (nSPS) is 36.7. The van der Waals surface area contributed by atoms with Crippen LogP contribution in [0.15, 0.2) is 5.10 Å². The van der Waals surface area contributed by atoms with Gasteiger partial charge in [0, 0.05) is 38.1 Å². The van der Waals surface area contributed by atoms with Crippen LogP contribution < -0.4 is 0 Å². The largest absolute Gasteiger partial charge is 0.389 e. The second-order valence-corrected chi connectivity index (χ2v) is 8.41. The van der Waals surface area contributed by atoms with E-state index in [1.807, 2.05) is 11.8 Å². The van der Waals surface area contributed by atoms with Gasteiger partial charge in [-0.25, -0.2) is 5.01 Å². The average Bonchev–Trinajstić information content (AvgIpc) is 3.13. The zero-order valence-corrected chi connectivity index (χ0v) is 14.6. The van der Waals surface area contributed by atoms with Crippen LogP contribution in [-0.2, 0) is 9.59 Å². The predicted molar refractivity (Wildman–Crippen MR) is 89.2 cm³/mol. The quantitative estimate of drug-likeness (QED) is 0.833. The van der Waals surface area contributed by atoms with Crippen molar-refractivity contribution in [1.82, 2.24) is 9.91 Å². The predicted octanol–water partition coefficient (Wildman–Crippen LogP) is 1.53. The molecule has 2 saturated carbocycles. The molecule has 1 N–H and O–H groups in total. The minimum absolute atomic E-state index is 0.000977. The molecule has 6 heteroatoms. The number of aliphatic hydroxyl groups is 1. The van der Waals surface area contributed by atoms with Gasteiger partial charge < -0.3 is 10.0 Å². The van der Waals surface area contributed by atoms with Crippen LogP contribution >= 0.6 is 0 Å². The second-order valence-electron chi connectivity index (χ2n) is 8.41. The van der Waals surface area contributed by atoms with Crippen LogP contribution in [0.1, 0.15) is 58.8 Å². The number of carbonyl (C=O) groups excluding carboxylic acids is 2. The number of likely N-dealkylation sites (tertiary alicyclic amines) is 1. The summed E-state index contributed by atoms with van der Waals surface area (Å²) in [4.78, 5) is 26.6. The zero-order chi connectivity index (χ0) is 17.1. The first-order valence-electron chi connectivity index (χ1n) is 9.18. The van der Waals surface area contributed by atoms with E-state index in [0.29, 0.717) is 18.4 Å². The van der Waals surface area contributed by atoms with Gasteiger partial charge in [0.2, 0.25) is 11.8 Å². The number of rotatable bonds is 2. The lowest BCUT2D eigenvalue weighted by Crippen LogP contribution is -2.50. The summed E-state index contributed by atoms with van der Waals surface area (Å²) in [5, 5.41) is 16.5. The van der Waals surface area contributed by atoms with Gasteiger partial charge in [-0.15, -0.1) is 0 Å². The molecule has 2 amide bonds. The number of carbonyl (C=O) groups is 2. The van der Waals surface area contributed by atoms with Crippen LogP contribution in [0.25, 0.3) is 0 Å². The topological polar surface area (TPSA) is 73.2 Å².